The summed E-state index contributed by atoms with van der Waals surface area (Å²) in [7, 11) is -3.29. The Bertz CT molecular complexity index is 1120. The number of carbonyl (C=O) groups excluding carboxylic acids is 1. The minimum absolute atomic E-state index is 0.102. The Morgan fingerprint density at radius 1 is 0.889 bits per heavy atom. The van der Waals surface area contributed by atoms with Gasteiger partial charge in [0.1, 0.15) is 0 Å². The number of ketones is 1. The van der Waals surface area contributed by atoms with Gasteiger partial charge in [0, 0.05) is 17.4 Å². The van der Waals surface area contributed by atoms with E-state index in [-0.39, 0.29) is 17.5 Å². The maximum Gasteiger partial charge on any atom is 0.231 e. The van der Waals surface area contributed by atoms with Crippen LogP contribution >= 0.6 is 0 Å². The zero-order chi connectivity index (χ0) is 19.0. The highest BCUT2D eigenvalue weighted by molar-refractivity contribution is 7.90. The molecule has 0 aromatic heterocycles. The maximum atomic E-state index is 13.1. The van der Waals surface area contributed by atoms with Crippen LogP contribution in [0.1, 0.15) is 15.9 Å². The number of carbonyl (C=O) groups is 1. The van der Waals surface area contributed by atoms with Gasteiger partial charge in [0.05, 0.1) is 4.90 Å². The van der Waals surface area contributed by atoms with Gasteiger partial charge in [-0.15, -0.1) is 0 Å². The van der Waals surface area contributed by atoms with Crippen LogP contribution in [0.2, 0.25) is 0 Å². The lowest BCUT2D eigenvalue weighted by atomic mass is 9.93. The Labute approximate surface area is 157 Å². The molecule has 0 saturated heterocycles. The molecule has 0 radical (unpaired) electrons. The second kappa shape index (κ2) is 6.55. The fraction of sp³-hybridized carbons (Fsp3) is 0.0952. The number of ether oxygens (including phenoxy) is 2. The lowest BCUT2D eigenvalue weighted by Crippen LogP contribution is -2.04. The van der Waals surface area contributed by atoms with Crippen molar-refractivity contribution in [3.05, 3.63) is 77.9 Å². The molecule has 0 aliphatic carbocycles. The molecule has 3 aromatic rings. The van der Waals surface area contributed by atoms with Crippen LogP contribution in [-0.4, -0.2) is 27.2 Å². The van der Waals surface area contributed by atoms with E-state index in [0.29, 0.717) is 28.2 Å². The molecule has 0 spiro atoms. The molecule has 0 amide bonds. The standard InChI is InChI=1S/C21H16O5S/c1-27(23,24)16-9-7-14(8-10-16)17-11-19-20(26-13-25-19)12-18(17)21(22)15-5-3-2-4-6-15/h2-12H,13H2,1H3. The van der Waals surface area contributed by atoms with Gasteiger partial charge >= 0.3 is 0 Å². The summed E-state index contributed by atoms with van der Waals surface area (Å²) in [6, 6.07) is 18.9. The number of sulfone groups is 1. The van der Waals surface area contributed by atoms with E-state index in [9.17, 15) is 13.2 Å². The van der Waals surface area contributed by atoms with E-state index >= 15 is 0 Å². The van der Waals surface area contributed by atoms with E-state index in [1.165, 1.54) is 12.1 Å². The topological polar surface area (TPSA) is 69.7 Å². The summed E-state index contributed by atoms with van der Waals surface area (Å²) in [4.78, 5) is 13.3. The van der Waals surface area contributed by atoms with Crippen molar-refractivity contribution in [3.8, 4) is 22.6 Å². The summed E-state index contributed by atoms with van der Waals surface area (Å²) in [5, 5.41) is 0. The highest BCUT2D eigenvalue weighted by Crippen LogP contribution is 2.39. The van der Waals surface area contributed by atoms with Gasteiger partial charge in [0.2, 0.25) is 6.79 Å². The molecule has 0 fully saturated rings. The summed E-state index contributed by atoms with van der Waals surface area (Å²) >= 11 is 0. The summed E-state index contributed by atoms with van der Waals surface area (Å²) < 4.78 is 34.3. The fourth-order valence-corrected chi connectivity index (χ4v) is 3.63. The summed E-state index contributed by atoms with van der Waals surface area (Å²) in [5.74, 6) is 0.934. The fourth-order valence-electron chi connectivity index (χ4n) is 3.00. The molecule has 0 unspecified atom stereocenters. The molecule has 5 nitrogen and oxygen atoms in total. The largest absolute Gasteiger partial charge is 0.454 e. The van der Waals surface area contributed by atoms with E-state index in [1.807, 2.05) is 6.07 Å². The molecule has 27 heavy (non-hydrogen) atoms. The van der Waals surface area contributed by atoms with E-state index < -0.39 is 9.84 Å². The molecular weight excluding hydrogens is 364 g/mol. The van der Waals surface area contributed by atoms with E-state index in [2.05, 4.69) is 0 Å². The monoisotopic (exact) mass is 380 g/mol. The van der Waals surface area contributed by atoms with Gasteiger partial charge in [0.15, 0.2) is 27.1 Å². The van der Waals surface area contributed by atoms with E-state index in [0.717, 1.165) is 11.8 Å². The molecule has 136 valence electrons. The second-order valence-corrected chi connectivity index (χ2v) is 8.26. The van der Waals surface area contributed by atoms with Gasteiger partial charge in [-0.1, -0.05) is 42.5 Å². The molecule has 0 saturated carbocycles. The third-order valence-corrected chi connectivity index (χ3v) is 5.52. The highest BCUT2D eigenvalue weighted by atomic mass is 32.2. The smallest absolute Gasteiger partial charge is 0.231 e. The van der Waals surface area contributed by atoms with Crippen molar-refractivity contribution in [1.29, 1.82) is 0 Å². The van der Waals surface area contributed by atoms with Gasteiger partial charge in [-0.05, 0) is 35.4 Å². The zero-order valence-electron chi connectivity index (χ0n) is 14.5. The lowest BCUT2D eigenvalue weighted by Gasteiger charge is -2.11. The third-order valence-electron chi connectivity index (χ3n) is 4.39. The number of rotatable bonds is 4. The Morgan fingerprint density at radius 2 is 1.52 bits per heavy atom. The van der Waals surface area contributed by atoms with E-state index in [1.54, 1.807) is 48.5 Å². The Morgan fingerprint density at radius 3 is 2.15 bits per heavy atom. The van der Waals surface area contributed by atoms with Crippen molar-refractivity contribution in [1.82, 2.24) is 0 Å². The minimum Gasteiger partial charge on any atom is -0.454 e. The molecular formula is C21H16O5S. The van der Waals surface area contributed by atoms with Gasteiger partial charge in [-0.3, -0.25) is 4.79 Å². The van der Waals surface area contributed by atoms with Crippen LogP contribution in [0.3, 0.4) is 0 Å². The van der Waals surface area contributed by atoms with Crippen LogP contribution in [0.4, 0.5) is 0 Å². The second-order valence-electron chi connectivity index (χ2n) is 6.24. The molecule has 1 aliphatic heterocycles. The van der Waals surface area contributed by atoms with Crippen molar-refractivity contribution in [2.24, 2.45) is 0 Å². The van der Waals surface area contributed by atoms with Gasteiger partial charge in [-0.25, -0.2) is 8.42 Å². The van der Waals surface area contributed by atoms with Crippen molar-refractivity contribution >= 4 is 15.6 Å². The summed E-state index contributed by atoms with van der Waals surface area (Å²) in [6.45, 7) is 0.102. The molecule has 6 heteroatoms. The van der Waals surface area contributed by atoms with Crippen molar-refractivity contribution in [2.45, 2.75) is 4.90 Å². The van der Waals surface area contributed by atoms with Crippen LogP contribution in [0.15, 0.2) is 71.6 Å². The first kappa shape index (κ1) is 17.3. The number of hydrogen-bond donors (Lipinski definition) is 0. The molecule has 0 N–H and O–H groups in total. The van der Waals surface area contributed by atoms with Crippen LogP contribution in [0, 0.1) is 0 Å². The van der Waals surface area contributed by atoms with Gasteiger partial charge in [-0.2, -0.15) is 0 Å². The molecule has 1 aliphatic rings. The maximum absolute atomic E-state index is 13.1. The molecule has 0 bridgehead atoms. The Kier molecular flexibility index (Phi) is 4.20. The average molecular weight is 380 g/mol. The van der Waals surface area contributed by atoms with Crippen molar-refractivity contribution < 1.29 is 22.7 Å². The first-order valence-electron chi connectivity index (χ1n) is 8.27. The highest BCUT2D eigenvalue weighted by Gasteiger charge is 2.22. The number of fused-ring (bicyclic) bond motifs is 1. The normalized spacial score (nSPS) is 12.8. The molecule has 4 rings (SSSR count). The van der Waals surface area contributed by atoms with Gasteiger partial charge in [0.25, 0.3) is 0 Å². The predicted molar refractivity (Wildman–Crippen MR) is 101 cm³/mol. The lowest BCUT2D eigenvalue weighted by molar-refractivity contribution is 0.103. The molecule has 3 aromatic carbocycles. The Balaban J connectivity index is 1.86. The Hall–Kier alpha value is -3.12. The SMILES string of the molecule is CS(=O)(=O)c1ccc(-c2cc3c(cc2C(=O)c2ccccc2)OCO3)cc1. The quantitative estimate of drug-likeness (QED) is 0.645. The molecule has 1 heterocycles. The first-order valence-corrected chi connectivity index (χ1v) is 10.2. The predicted octanol–water partition coefficient (Wildman–Crippen LogP) is 3.72. The number of benzene rings is 3. The minimum atomic E-state index is -3.29. The first-order chi connectivity index (χ1) is 12.9. The van der Waals surface area contributed by atoms with Gasteiger partial charge < -0.3 is 9.47 Å². The van der Waals surface area contributed by atoms with Crippen molar-refractivity contribution in [3.63, 3.8) is 0 Å². The van der Waals surface area contributed by atoms with Crippen molar-refractivity contribution in [2.75, 3.05) is 13.0 Å². The van der Waals surface area contributed by atoms with Crippen LogP contribution in [0.25, 0.3) is 11.1 Å². The van der Waals surface area contributed by atoms with Crippen LogP contribution in [-0.2, 0) is 9.84 Å². The summed E-state index contributed by atoms with van der Waals surface area (Å²) in [6.07, 6.45) is 1.16. The average Bonchev–Trinajstić information content (AvgIpc) is 3.14. The third kappa shape index (κ3) is 3.31. The molecule has 0 atom stereocenters. The zero-order valence-corrected chi connectivity index (χ0v) is 15.3. The summed E-state index contributed by atoms with van der Waals surface area (Å²) in [5.41, 5.74) is 2.41. The van der Waals surface area contributed by atoms with E-state index in [4.69, 9.17) is 9.47 Å². The van der Waals surface area contributed by atoms with Crippen LogP contribution in [0.5, 0.6) is 11.5 Å². The number of hydrogen-bond acceptors (Lipinski definition) is 5. The van der Waals surface area contributed by atoms with Crippen LogP contribution < -0.4 is 9.47 Å².